The zero-order valence-electron chi connectivity index (χ0n) is 5.90. The average Bonchev–Trinajstić information content (AvgIpc) is 2.46. The lowest BCUT2D eigenvalue weighted by atomic mass is 10.0. The van der Waals surface area contributed by atoms with Crippen molar-refractivity contribution in [2.75, 3.05) is 0 Å². The summed E-state index contributed by atoms with van der Waals surface area (Å²) in [5.41, 5.74) is 0. The molecule has 0 aromatic heterocycles. The molecule has 52 valence electrons. The van der Waals surface area contributed by atoms with Gasteiger partial charge in [0.1, 0.15) is 0 Å². The third kappa shape index (κ3) is 1.03. The SMILES string of the molecule is PC1(C2CCCC2)CC1. The number of hydrogen-bond donors (Lipinski definition) is 0. The lowest BCUT2D eigenvalue weighted by Crippen LogP contribution is -2.10. The van der Waals surface area contributed by atoms with Crippen molar-refractivity contribution in [2.24, 2.45) is 5.92 Å². The minimum absolute atomic E-state index is 0.747. The van der Waals surface area contributed by atoms with Crippen molar-refractivity contribution in [1.82, 2.24) is 0 Å². The van der Waals surface area contributed by atoms with Crippen molar-refractivity contribution in [3.8, 4) is 0 Å². The van der Waals surface area contributed by atoms with Gasteiger partial charge < -0.3 is 0 Å². The molecule has 2 aliphatic carbocycles. The second kappa shape index (κ2) is 1.95. The minimum Gasteiger partial charge on any atom is -0.131 e. The topological polar surface area (TPSA) is 0 Å². The van der Waals surface area contributed by atoms with E-state index in [0.29, 0.717) is 0 Å². The minimum atomic E-state index is 0.747. The van der Waals surface area contributed by atoms with Gasteiger partial charge in [0.05, 0.1) is 0 Å². The molecule has 0 aliphatic heterocycles. The van der Waals surface area contributed by atoms with Crippen LogP contribution < -0.4 is 0 Å². The lowest BCUT2D eigenvalue weighted by Gasteiger charge is -2.15. The molecule has 0 N–H and O–H groups in total. The van der Waals surface area contributed by atoms with Crippen LogP contribution in [-0.4, -0.2) is 5.16 Å². The van der Waals surface area contributed by atoms with Crippen molar-refractivity contribution in [3.63, 3.8) is 0 Å². The molecule has 0 aromatic rings. The summed E-state index contributed by atoms with van der Waals surface area (Å²) >= 11 is 0. The van der Waals surface area contributed by atoms with E-state index in [0.717, 1.165) is 11.1 Å². The van der Waals surface area contributed by atoms with Gasteiger partial charge in [-0.15, -0.1) is 9.24 Å². The van der Waals surface area contributed by atoms with Crippen LogP contribution in [0.1, 0.15) is 38.5 Å². The molecular weight excluding hydrogens is 127 g/mol. The standard InChI is InChI=1S/C8H15P/c9-8(5-6-8)7-3-1-2-4-7/h7H,1-6,9H2. The van der Waals surface area contributed by atoms with E-state index in [9.17, 15) is 0 Å². The largest absolute Gasteiger partial charge is 0.131 e. The Morgan fingerprint density at radius 2 is 1.67 bits per heavy atom. The summed E-state index contributed by atoms with van der Waals surface area (Å²) in [4.78, 5) is 0. The maximum absolute atomic E-state index is 3.07. The highest BCUT2D eigenvalue weighted by molar-refractivity contribution is 7.19. The van der Waals surface area contributed by atoms with Crippen LogP contribution in [0, 0.1) is 5.92 Å². The molecule has 2 aliphatic rings. The van der Waals surface area contributed by atoms with Crippen LogP contribution in [0.25, 0.3) is 0 Å². The van der Waals surface area contributed by atoms with Crippen LogP contribution in [0.2, 0.25) is 0 Å². The van der Waals surface area contributed by atoms with Crippen molar-refractivity contribution >= 4 is 9.24 Å². The van der Waals surface area contributed by atoms with Gasteiger partial charge in [0.15, 0.2) is 0 Å². The Morgan fingerprint density at radius 1 is 1.11 bits per heavy atom. The van der Waals surface area contributed by atoms with Gasteiger partial charge in [-0.2, -0.15) is 0 Å². The van der Waals surface area contributed by atoms with Crippen LogP contribution in [0.4, 0.5) is 0 Å². The molecule has 0 bridgehead atoms. The van der Waals surface area contributed by atoms with Gasteiger partial charge in [-0.05, 0) is 36.8 Å². The van der Waals surface area contributed by atoms with Gasteiger partial charge in [0.2, 0.25) is 0 Å². The third-order valence-electron chi connectivity index (χ3n) is 3.00. The molecule has 0 heterocycles. The molecule has 1 heteroatoms. The highest BCUT2D eigenvalue weighted by Crippen LogP contribution is 2.55. The smallest absolute Gasteiger partial charge is 0.0121 e. The normalized spacial score (nSPS) is 33.0. The van der Waals surface area contributed by atoms with E-state index in [4.69, 9.17) is 0 Å². The van der Waals surface area contributed by atoms with Crippen molar-refractivity contribution in [2.45, 2.75) is 43.7 Å². The third-order valence-corrected chi connectivity index (χ3v) is 4.04. The highest BCUT2D eigenvalue weighted by Gasteiger charge is 2.45. The molecule has 1 atom stereocenters. The first kappa shape index (κ1) is 6.16. The van der Waals surface area contributed by atoms with Crippen molar-refractivity contribution < 1.29 is 0 Å². The Labute approximate surface area is 59.6 Å². The van der Waals surface area contributed by atoms with E-state index < -0.39 is 0 Å². The summed E-state index contributed by atoms with van der Waals surface area (Å²) in [6.45, 7) is 0. The van der Waals surface area contributed by atoms with E-state index in [1.807, 2.05) is 0 Å². The average molecular weight is 142 g/mol. The van der Waals surface area contributed by atoms with E-state index in [1.165, 1.54) is 38.5 Å². The second-order valence-electron chi connectivity index (χ2n) is 3.71. The number of rotatable bonds is 1. The maximum Gasteiger partial charge on any atom is -0.0121 e. The van der Waals surface area contributed by atoms with Crippen LogP contribution in [0.15, 0.2) is 0 Å². The fourth-order valence-corrected chi connectivity index (χ4v) is 2.53. The van der Waals surface area contributed by atoms with Crippen molar-refractivity contribution in [3.05, 3.63) is 0 Å². The highest BCUT2D eigenvalue weighted by atomic mass is 31.0. The van der Waals surface area contributed by atoms with Gasteiger partial charge >= 0.3 is 0 Å². The Hall–Kier alpha value is 0.430. The van der Waals surface area contributed by atoms with Crippen molar-refractivity contribution in [1.29, 1.82) is 0 Å². The summed E-state index contributed by atoms with van der Waals surface area (Å²) < 4.78 is 0. The second-order valence-corrected chi connectivity index (χ2v) is 4.86. The Kier molecular flexibility index (Phi) is 1.34. The van der Waals surface area contributed by atoms with E-state index in [-0.39, 0.29) is 0 Å². The molecule has 1 unspecified atom stereocenters. The van der Waals surface area contributed by atoms with Gasteiger partial charge in [-0.3, -0.25) is 0 Å². The van der Waals surface area contributed by atoms with E-state index >= 15 is 0 Å². The predicted octanol–water partition coefficient (Wildman–Crippen LogP) is 2.58. The molecule has 2 fully saturated rings. The first-order chi connectivity index (χ1) is 4.31. The summed E-state index contributed by atoms with van der Waals surface area (Å²) in [7, 11) is 3.07. The zero-order valence-corrected chi connectivity index (χ0v) is 7.05. The van der Waals surface area contributed by atoms with Gasteiger partial charge in [0.25, 0.3) is 0 Å². The van der Waals surface area contributed by atoms with E-state index in [1.54, 1.807) is 0 Å². The summed E-state index contributed by atoms with van der Waals surface area (Å²) in [5, 5.41) is 0.747. The monoisotopic (exact) mass is 142 g/mol. The molecule has 2 rings (SSSR count). The zero-order chi connectivity index (χ0) is 6.32. The fourth-order valence-electron chi connectivity index (χ4n) is 2.05. The Morgan fingerprint density at radius 3 is 2.11 bits per heavy atom. The first-order valence-corrected chi connectivity index (χ1v) is 4.68. The summed E-state index contributed by atoms with van der Waals surface area (Å²) in [6, 6.07) is 0. The molecule has 0 saturated heterocycles. The molecular formula is C8H15P. The van der Waals surface area contributed by atoms with Crippen LogP contribution in [0.5, 0.6) is 0 Å². The van der Waals surface area contributed by atoms with Crippen LogP contribution >= 0.6 is 9.24 Å². The molecule has 0 aromatic carbocycles. The summed E-state index contributed by atoms with van der Waals surface area (Å²) in [6.07, 6.45) is 9.01. The first-order valence-electron chi connectivity index (χ1n) is 4.10. The number of hydrogen-bond acceptors (Lipinski definition) is 0. The van der Waals surface area contributed by atoms with Gasteiger partial charge in [-0.25, -0.2) is 0 Å². The Balaban J connectivity index is 1.97. The van der Waals surface area contributed by atoms with Gasteiger partial charge in [0, 0.05) is 0 Å². The fraction of sp³-hybridized carbons (Fsp3) is 1.00. The van der Waals surface area contributed by atoms with E-state index in [2.05, 4.69) is 9.24 Å². The maximum atomic E-state index is 3.07. The predicted molar refractivity (Wildman–Crippen MR) is 43.6 cm³/mol. The van der Waals surface area contributed by atoms with Crippen LogP contribution in [-0.2, 0) is 0 Å². The molecule has 0 radical (unpaired) electrons. The molecule has 9 heavy (non-hydrogen) atoms. The molecule has 0 nitrogen and oxygen atoms in total. The lowest BCUT2D eigenvalue weighted by molar-refractivity contribution is 0.512. The Bertz CT molecular complexity index is 110. The van der Waals surface area contributed by atoms with Crippen LogP contribution in [0.3, 0.4) is 0 Å². The summed E-state index contributed by atoms with van der Waals surface area (Å²) in [5.74, 6) is 1.09. The molecule has 0 amide bonds. The molecule has 2 saturated carbocycles. The molecule has 0 spiro atoms. The van der Waals surface area contributed by atoms with Gasteiger partial charge in [-0.1, -0.05) is 12.8 Å². The quantitative estimate of drug-likeness (QED) is 0.493.